The number of fused-ring (bicyclic) bond motifs is 1. The zero-order valence-electron chi connectivity index (χ0n) is 7.03. The summed E-state index contributed by atoms with van der Waals surface area (Å²) in [6, 6.07) is 13.9. The first-order valence-corrected chi connectivity index (χ1v) is 5.71. The van der Waals surface area contributed by atoms with Crippen molar-refractivity contribution in [3.05, 3.63) is 48.0 Å². The van der Waals surface area contributed by atoms with Crippen LogP contribution >= 0.6 is 0 Å². The molecule has 0 amide bonds. The molecule has 2 aromatic carbocycles. The molecule has 0 aromatic heterocycles. The molecule has 0 atom stereocenters. The Morgan fingerprint density at radius 3 is 2.46 bits per heavy atom. The fourth-order valence-electron chi connectivity index (χ4n) is 1.44. The van der Waals surface area contributed by atoms with Crippen LogP contribution in [0.3, 0.4) is 0 Å². The van der Waals surface area contributed by atoms with Crippen LogP contribution < -0.4 is 0 Å². The molecule has 0 N–H and O–H groups in total. The molecule has 2 heteroatoms. The Balaban J connectivity index is 2.83. The zero-order valence-corrected chi connectivity index (χ0v) is 10.3. The predicted molar refractivity (Wildman–Crippen MR) is 55.4 cm³/mol. The molecule has 1 nitrogen and oxygen atoms in total. The summed E-state index contributed by atoms with van der Waals surface area (Å²) in [6.45, 7) is 0. The van der Waals surface area contributed by atoms with Crippen LogP contribution in [0.25, 0.3) is 10.8 Å². The van der Waals surface area contributed by atoms with Crippen molar-refractivity contribution in [2.45, 2.75) is 0 Å². The summed E-state index contributed by atoms with van der Waals surface area (Å²) < 4.78 is 0.252. The molecule has 0 bridgehead atoms. The molecule has 2 aromatic rings. The van der Waals surface area contributed by atoms with Crippen molar-refractivity contribution in [1.29, 1.82) is 0 Å². The van der Waals surface area contributed by atoms with Gasteiger partial charge < -0.3 is 0 Å². The third-order valence-corrected chi connectivity index (χ3v) is 2.94. The minimum atomic E-state index is 0.252. The third-order valence-electron chi connectivity index (χ3n) is 2.06. The molecule has 0 fully saturated rings. The monoisotopic (exact) mass is 276 g/mol. The predicted octanol–water partition coefficient (Wildman–Crippen LogP) is 1.88. The Morgan fingerprint density at radius 1 is 1.00 bits per heavy atom. The number of hydrogen-bond acceptors (Lipinski definition) is 1. The average Bonchev–Trinajstić information content (AvgIpc) is 2.17. The third kappa shape index (κ3) is 1.61. The molecule has 0 aliphatic heterocycles. The van der Waals surface area contributed by atoms with E-state index in [0.29, 0.717) is 22.5 Å². The molecule has 0 spiro atoms. The van der Waals surface area contributed by atoms with Gasteiger partial charge in [-0.3, -0.25) is 0 Å². The number of carbonyl (C=O) groups is 1. The first-order chi connectivity index (χ1) is 6.29. The molecule has 0 heterocycles. The van der Waals surface area contributed by atoms with Crippen LogP contribution in [-0.4, -0.2) is 26.3 Å². The summed E-state index contributed by atoms with van der Waals surface area (Å²) in [6.07, 6.45) is 0. The van der Waals surface area contributed by atoms with E-state index >= 15 is 0 Å². The van der Waals surface area contributed by atoms with E-state index in [-0.39, 0.29) is 3.80 Å². The average molecular weight is 275 g/mol. The summed E-state index contributed by atoms with van der Waals surface area (Å²) in [5.41, 5.74) is 0.862. The van der Waals surface area contributed by atoms with Crippen molar-refractivity contribution in [2.75, 3.05) is 0 Å². The van der Waals surface area contributed by atoms with Gasteiger partial charge in [0.05, 0.1) is 0 Å². The normalized spacial score (nSPS) is 10.2. The molecule has 2 rings (SSSR count). The first-order valence-electron chi connectivity index (χ1n) is 4.06. The van der Waals surface area contributed by atoms with Gasteiger partial charge in [-0.2, -0.15) is 0 Å². The Bertz CT molecular complexity index is 457. The van der Waals surface area contributed by atoms with Crippen LogP contribution in [0.15, 0.2) is 42.5 Å². The van der Waals surface area contributed by atoms with E-state index in [2.05, 4.69) is 0 Å². The fourth-order valence-corrected chi connectivity index (χ4v) is 2.16. The van der Waals surface area contributed by atoms with E-state index in [4.69, 9.17) is 0 Å². The van der Waals surface area contributed by atoms with E-state index in [0.717, 1.165) is 16.3 Å². The summed E-state index contributed by atoms with van der Waals surface area (Å²) in [4.78, 5) is 11.3. The van der Waals surface area contributed by atoms with Crippen LogP contribution in [0, 0.1) is 0 Å². The van der Waals surface area contributed by atoms with Gasteiger partial charge in [0, 0.05) is 0 Å². The molecule has 0 aliphatic rings. The second-order valence-electron chi connectivity index (χ2n) is 2.89. The Hall–Kier alpha value is -0.831. The topological polar surface area (TPSA) is 17.1 Å². The molecule has 0 unspecified atom stereocenters. The van der Waals surface area contributed by atoms with E-state index in [1.54, 1.807) is 0 Å². The van der Waals surface area contributed by atoms with Gasteiger partial charge in [0.1, 0.15) is 0 Å². The molecule has 13 heavy (non-hydrogen) atoms. The van der Waals surface area contributed by atoms with Gasteiger partial charge in [0.2, 0.25) is 0 Å². The van der Waals surface area contributed by atoms with Gasteiger partial charge in [0.25, 0.3) is 0 Å². The van der Waals surface area contributed by atoms with E-state index < -0.39 is 0 Å². The maximum absolute atomic E-state index is 11.3. The number of carbonyl (C=O) groups excluding carboxylic acids is 1. The van der Waals surface area contributed by atoms with Crippen molar-refractivity contribution >= 4 is 37.1 Å². The molecule has 0 aliphatic carbocycles. The number of benzene rings is 2. The van der Waals surface area contributed by atoms with Crippen LogP contribution in [0.1, 0.15) is 10.4 Å². The second-order valence-corrected chi connectivity index (χ2v) is 4.39. The summed E-state index contributed by atoms with van der Waals surface area (Å²) in [5, 5.41) is 2.21. The van der Waals surface area contributed by atoms with E-state index in [9.17, 15) is 4.79 Å². The quantitative estimate of drug-likeness (QED) is 0.726. The number of hydrogen-bond donors (Lipinski definition) is 0. The molecular weight excluding hydrogens is 267 g/mol. The summed E-state index contributed by atoms with van der Waals surface area (Å²) >= 11 is 0.652. The van der Waals surface area contributed by atoms with Gasteiger partial charge in [-0.25, -0.2) is 0 Å². The second kappa shape index (κ2) is 3.50. The Kier molecular flexibility index (Phi) is 2.36. The summed E-state index contributed by atoms with van der Waals surface area (Å²) in [7, 11) is 0. The van der Waals surface area contributed by atoms with E-state index in [1.807, 2.05) is 42.5 Å². The van der Waals surface area contributed by atoms with Gasteiger partial charge in [-0.1, -0.05) is 0 Å². The SMILES string of the molecule is O=[C]([SnH])c1cccc2ccccc12. The first kappa shape index (κ1) is 8.75. The van der Waals surface area contributed by atoms with Crippen LogP contribution in [0.4, 0.5) is 0 Å². The molecule has 0 saturated carbocycles. The van der Waals surface area contributed by atoms with Gasteiger partial charge >= 0.3 is 89.9 Å². The minimum absolute atomic E-state index is 0.252. The molecular formula is C11H8OSn. The fraction of sp³-hybridized carbons (Fsp3) is 0. The van der Waals surface area contributed by atoms with Crippen molar-refractivity contribution in [2.24, 2.45) is 0 Å². The Labute approximate surface area is 89.8 Å². The van der Waals surface area contributed by atoms with Crippen LogP contribution in [-0.2, 0) is 0 Å². The molecule has 0 saturated heterocycles. The van der Waals surface area contributed by atoms with Gasteiger partial charge in [-0.15, -0.1) is 0 Å². The van der Waals surface area contributed by atoms with Crippen molar-refractivity contribution in [3.63, 3.8) is 0 Å². The van der Waals surface area contributed by atoms with Gasteiger partial charge in [-0.05, 0) is 0 Å². The number of rotatable bonds is 1. The van der Waals surface area contributed by atoms with Crippen molar-refractivity contribution in [1.82, 2.24) is 0 Å². The van der Waals surface area contributed by atoms with Crippen molar-refractivity contribution in [3.8, 4) is 0 Å². The van der Waals surface area contributed by atoms with E-state index in [1.165, 1.54) is 0 Å². The summed E-state index contributed by atoms with van der Waals surface area (Å²) in [5.74, 6) is 0. The van der Waals surface area contributed by atoms with Gasteiger partial charge in [0.15, 0.2) is 0 Å². The van der Waals surface area contributed by atoms with Crippen LogP contribution in [0.2, 0.25) is 0 Å². The Morgan fingerprint density at radius 2 is 1.69 bits per heavy atom. The van der Waals surface area contributed by atoms with Crippen LogP contribution in [0.5, 0.6) is 0 Å². The maximum atomic E-state index is 11.3. The van der Waals surface area contributed by atoms with Crippen molar-refractivity contribution < 1.29 is 4.79 Å². The zero-order chi connectivity index (χ0) is 9.26. The standard InChI is InChI=1S/C11H7O.Sn.H/c12-8-10-6-3-5-9-4-1-2-7-11(9)10;;/h1-7H;;. The molecule has 2 radical (unpaired) electrons. The molecule has 62 valence electrons.